The van der Waals surface area contributed by atoms with E-state index in [2.05, 4.69) is 4.98 Å². The molecule has 2 saturated heterocycles. The second-order valence-electron chi connectivity index (χ2n) is 8.11. The minimum Gasteiger partial charge on any atom is -0.472 e. The zero-order valence-electron chi connectivity index (χ0n) is 17.9. The van der Waals surface area contributed by atoms with Crippen molar-refractivity contribution in [2.75, 3.05) is 19.7 Å². The van der Waals surface area contributed by atoms with Crippen LogP contribution in [0.4, 0.5) is 18.0 Å². The van der Waals surface area contributed by atoms with E-state index in [1.165, 1.54) is 29.7 Å². The Morgan fingerprint density at radius 3 is 2.51 bits per heavy atom. The van der Waals surface area contributed by atoms with Gasteiger partial charge in [-0.15, -0.1) is 0 Å². The second-order valence-corrected chi connectivity index (χ2v) is 8.11. The number of carbonyl (C=O) groups is 3. The van der Waals surface area contributed by atoms with Gasteiger partial charge in [0.15, 0.2) is 23.6 Å². The van der Waals surface area contributed by atoms with E-state index in [-0.39, 0.29) is 43.8 Å². The van der Waals surface area contributed by atoms with Crippen molar-refractivity contribution in [3.05, 3.63) is 47.8 Å². The quantitative estimate of drug-likeness (QED) is 0.557. The molecule has 0 aromatic carbocycles. The normalized spacial score (nSPS) is 17.2. The van der Waals surface area contributed by atoms with Gasteiger partial charge >= 0.3 is 12.3 Å². The van der Waals surface area contributed by atoms with E-state index in [9.17, 15) is 32.8 Å². The number of cyclic esters (lactones) is 1. The number of pyridine rings is 1. The molecule has 3 aromatic heterocycles. The second kappa shape index (κ2) is 8.15. The summed E-state index contributed by atoms with van der Waals surface area (Å²) in [5.74, 6) is -1.17. The molecule has 0 bridgehead atoms. The molecule has 13 heteroatoms. The summed E-state index contributed by atoms with van der Waals surface area (Å²) in [5.41, 5.74) is -1.91. The highest BCUT2D eigenvalue weighted by atomic mass is 19.4. The van der Waals surface area contributed by atoms with Crippen LogP contribution in [0.15, 0.2) is 35.3 Å². The Labute approximate surface area is 195 Å². The van der Waals surface area contributed by atoms with Crippen molar-refractivity contribution in [3.63, 3.8) is 0 Å². The number of piperidine rings is 1. The van der Waals surface area contributed by atoms with Crippen LogP contribution in [0.3, 0.4) is 0 Å². The monoisotopic (exact) mass is 487 g/mol. The lowest BCUT2D eigenvalue weighted by atomic mass is 10.0. The van der Waals surface area contributed by atoms with Gasteiger partial charge in [-0.25, -0.2) is 14.7 Å². The third kappa shape index (κ3) is 3.76. The maximum Gasteiger partial charge on any atom is 0.420 e. The number of nitriles is 1. The summed E-state index contributed by atoms with van der Waals surface area (Å²) in [5, 5.41) is 9.73. The number of fused-ring (bicyclic) bond motifs is 1. The Morgan fingerprint density at radius 1 is 1.20 bits per heavy atom. The molecule has 0 spiro atoms. The molecular formula is C22H16F3N5O5. The predicted molar refractivity (Wildman–Crippen MR) is 110 cm³/mol. The number of imide groups is 1. The summed E-state index contributed by atoms with van der Waals surface area (Å²) in [4.78, 5) is 43.2. The number of hydrogen-bond donors (Lipinski definition) is 0. The first-order valence-corrected chi connectivity index (χ1v) is 10.5. The van der Waals surface area contributed by atoms with Gasteiger partial charge in [-0.05, 0) is 25.0 Å². The standard InChI is InChI=1S/C22H16F3N5O5/c23-22(24,25)15-7-13(12-3-6-34-10-12)9-29-16(8-26)18(27-19(15)29)20(32)28-4-1-14(2-5-28)30-17(31)11-35-21(30)33/h3,6-7,9-10,14H,1-2,4-5,11H2. The lowest BCUT2D eigenvalue weighted by Crippen LogP contribution is -2.48. The predicted octanol–water partition coefficient (Wildman–Crippen LogP) is 3.07. The highest BCUT2D eigenvalue weighted by molar-refractivity contribution is 5.98. The molecule has 5 rings (SSSR count). The van der Waals surface area contributed by atoms with Crippen LogP contribution in [0.25, 0.3) is 16.8 Å². The molecular weight excluding hydrogens is 471 g/mol. The van der Waals surface area contributed by atoms with Crippen molar-refractivity contribution in [1.82, 2.24) is 19.2 Å². The smallest absolute Gasteiger partial charge is 0.420 e. The van der Waals surface area contributed by atoms with Crippen molar-refractivity contribution >= 4 is 23.6 Å². The number of halogens is 3. The molecule has 0 unspecified atom stereocenters. The number of amides is 3. The number of hydrogen-bond acceptors (Lipinski definition) is 7. The average molecular weight is 487 g/mol. The van der Waals surface area contributed by atoms with Gasteiger partial charge in [0.05, 0.1) is 18.1 Å². The van der Waals surface area contributed by atoms with E-state index in [0.717, 1.165) is 15.4 Å². The van der Waals surface area contributed by atoms with E-state index >= 15 is 0 Å². The molecule has 0 radical (unpaired) electrons. The zero-order chi connectivity index (χ0) is 24.9. The van der Waals surface area contributed by atoms with E-state index < -0.39 is 47.0 Å². The number of nitrogens with zero attached hydrogens (tertiary/aromatic N) is 5. The van der Waals surface area contributed by atoms with Crippen LogP contribution < -0.4 is 0 Å². The van der Waals surface area contributed by atoms with Crippen LogP contribution in [0, 0.1) is 11.3 Å². The Bertz CT molecular complexity index is 1370. The Morgan fingerprint density at radius 2 is 1.94 bits per heavy atom. The molecule has 0 atom stereocenters. The molecule has 2 aliphatic rings. The van der Waals surface area contributed by atoms with Crippen LogP contribution in [-0.2, 0) is 15.7 Å². The van der Waals surface area contributed by atoms with Crippen LogP contribution >= 0.6 is 0 Å². The summed E-state index contributed by atoms with van der Waals surface area (Å²) in [6.07, 6.45) is -1.13. The van der Waals surface area contributed by atoms with Crippen LogP contribution in [0.2, 0.25) is 0 Å². The fourth-order valence-corrected chi connectivity index (χ4v) is 4.39. The Kier molecular flexibility index (Phi) is 5.23. The lowest BCUT2D eigenvalue weighted by Gasteiger charge is -2.34. The number of aromatic nitrogens is 2. The summed E-state index contributed by atoms with van der Waals surface area (Å²) in [6, 6.07) is 3.71. The minimum atomic E-state index is -4.80. The molecule has 2 aliphatic heterocycles. The number of likely N-dealkylation sites (tertiary alicyclic amines) is 1. The van der Waals surface area contributed by atoms with Gasteiger partial charge in [0.2, 0.25) is 0 Å². The van der Waals surface area contributed by atoms with Crippen LogP contribution in [-0.4, -0.2) is 62.8 Å². The highest BCUT2D eigenvalue weighted by Crippen LogP contribution is 2.36. The maximum absolute atomic E-state index is 13.9. The first kappa shape index (κ1) is 22.5. The van der Waals surface area contributed by atoms with E-state index in [1.807, 2.05) is 0 Å². The van der Waals surface area contributed by atoms with Gasteiger partial charge in [0, 0.05) is 36.5 Å². The van der Waals surface area contributed by atoms with E-state index in [1.54, 1.807) is 6.07 Å². The molecule has 5 heterocycles. The van der Waals surface area contributed by atoms with Crippen molar-refractivity contribution in [3.8, 4) is 17.2 Å². The number of imidazole rings is 1. The first-order valence-electron chi connectivity index (χ1n) is 10.5. The Balaban J connectivity index is 1.49. The molecule has 35 heavy (non-hydrogen) atoms. The van der Waals surface area contributed by atoms with Gasteiger partial charge in [-0.3, -0.25) is 14.0 Å². The molecule has 2 fully saturated rings. The number of ether oxygens (including phenoxy) is 1. The van der Waals surface area contributed by atoms with E-state index in [4.69, 9.17) is 9.15 Å². The molecule has 180 valence electrons. The summed E-state index contributed by atoms with van der Waals surface area (Å²) >= 11 is 0. The highest BCUT2D eigenvalue weighted by Gasteiger charge is 2.40. The average Bonchev–Trinajstić information content (AvgIpc) is 3.56. The molecule has 3 aromatic rings. The number of rotatable bonds is 3. The van der Waals surface area contributed by atoms with Crippen molar-refractivity contribution in [1.29, 1.82) is 5.26 Å². The van der Waals surface area contributed by atoms with Crippen LogP contribution in [0.5, 0.6) is 0 Å². The van der Waals surface area contributed by atoms with Crippen molar-refractivity contribution in [2.24, 2.45) is 0 Å². The third-order valence-electron chi connectivity index (χ3n) is 6.09. The zero-order valence-corrected chi connectivity index (χ0v) is 17.9. The van der Waals surface area contributed by atoms with Gasteiger partial charge < -0.3 is 14.1 Å². The molecule has 10 nitrogen and oxygen atoms in total. The largest absolute Gasteiger partial charge is 0.472 e. The Hall–Kier alpha value is -4.34. The molecule has 0 saturated carbocycles. The van der Waals surface area contributed by atoms with Gasteiger partial charge in [0.25, 0.3) is 11.8 Å². The number of alkyl halides is 3. The summed E-state index contributed by atoms with van der Waals surface area (Å²) in [7, 11) is 0. The topological polar surface area (TPSA) is 121 Å². The van der Waals surface area contributed by atoms with E-state index in [0.29, 0.717) is 5.56 Å². The lowest BCUT2D eigenvalue weighted by molar-refractivity contribution is -0.136. The fraction of sp³-hybridized carbons (Fsp3) is 0.318. The first-order chi connectivity index (χ1) is 16.7. The number of furan rings is 1. The molecule has 0 N–H and O–H groups in total. The molecule has 0 aliphatic carbocycles. The van der Waals surface area contributed by atoms with Gasteiger partial charge in [-0.2, -0.15) is 18.4 Å². The van der Waals surface area contributed by atoms with Crippen molar-refractivity contribution in [2.45, 2.75) is 25.1 Å². The molecule has 3 amide bonds. The SMILES string of the molecule is N#Cc1c(C(=O)N2CCC(N3C(=O)COC3=O)CC2)nc2c(C(F)(F)F)cc(-c3ccoc3)cn12. The van der Waals surface area contributed by atoms with Gasteiger partial charge in [0.1, 0.15) is 6.07 Å². The number of carbonyl (C=O) groups excluding carboxylic acids is 3. The summed E-state index contributed by atoms with van der Waals surface area (Å²) < 4.78 is 52.3. The fourth-order valence-electron chi connectivity index (χ4n) is 4.39. The summed E-state index contributed by atoms with van der Waals surface area (Å²) in [6.45, 7) is -0.0928. The van der Waals surface area contributed by atoms with Crippen LogP contribution in [0.1, 0.15) is 34.6 Å². The van der Waals surface area contributed by atoms with Crippen molar-refractivity contribution < 1.29 is 36.7 Å². The minimum absolute atomic E-state index is 0.117. The maximum atomic E-state index is 13.9. The third-order valence-corrected chi connectivity index (χ3v) is 6.09. The van der Waals surface area contributed by atoms with Gasteiger partial charge in [-0.1, -0.05) is 0 Å².